The van der Waals surface area contributed by atoms with Gasteiger partial charge < -0.3 is 10.1 Å². The van der Waals surface area contributed by atoms with Gasteiger partial charge in [0.2, 0.25) is 0 Å². The van der Waals surface area contributed by atoms with Crippen LogP contribution in [0.3, 0.4) is 0 Å². The van der Waals surface area contributed by atoms with Crippen LogP contribution in [0, 0.1) is 6.92 Å². The number of carbonyl (C=O) groups is 1. The van der Waals surface area contributed by atoms with Gasteiger partial charge in [-0.25, -0.2) is 9.78 Å². The molecule has 6 nitrogen and oxygen atoms in total. The Hall–Kier alpha value is -2.34. The Morgan fingerprint density at radius 2 is 2.11 bits per heavy atom. The minimum atomic E-state index is -0.630. The molecule has 1 N–H and O–H groups in total. The maximum absolute atomic E-state index is 12.9. The van der Waals surface area contributed by atoms with Gasteiger partial charge in [0, 0.05) is 18.0 Å². The molecule has 2 aromatic rings. The van der Waals surface area contributed by atoms with E-state index < -0.39 is 17.6 Å². The number of nitrogens with one attached hydrogen (secondary N) is 1. The van der Waals surface area contributed by atoms with Crippen molar-refractivity contribution < 1.29 is 9.53 Å². The molecule has 3 rings (SSSR count). The fraction of sp³-hybridized carbons (Fsp3) is 0.450. The van der Waals surface area contributed by atoms with Gasteiger partial charge in [-0.3, -0.25) is 9.36 Å². The van der Waals surface area contributed by atoms with Crippen LogP contribution in [-0.2, 0) is 22.5 Å². The predicted molar refractivity (Wildman–Crippen MR) is 105 cm³/mol. The monoisotopic (exact) mass is 389 g/mol. The number of anilines is 1. The van der Waals surface area contributed by atoms with Crippen LogP contribution < -0.4 is 10.9 Å². The van der Waals surface area contributed by atoms with Gasteiger partial charge in [-0.15, -0.1) is 0 Å². The van der Waals surface area contributed by atoms with E-state index in [9.17, 15) is 9.59 Å². The van der Waals surface area contributed by atoms with Gasteiger partial charge in [-0.2, -0.15) is 0 Å². The summed E-state index contributed by atoms with van der Waals surface area (Å²) >= 11 is 6.09. The molecule has 0 saturated heterocycles. The molecule has 1 aliphatic rings. The third-order valence-corrected chi connectivity index (χ3v) is 4.50. The van der Waals surface area contributed by atoms with Gasteiger partial charge >= 0.3 is 5.97 Å². The highest BCUT2D eigenvalue weighted by atomic mass is 35.5. The maximum atomic E-state index is 12.9. The summed E-state index contributed by atoms with van der Waals surface area (Å²) in [7, 11) is 0. The normalized spacial score (nSPS) is 16.1. The second-order valence-corrected chi connectivity index (χ2v) is 8.28. The summed E-state index contributed by atoms with van der Waals surface area (Å²) in [5, 5.41) is 3.77. The molecule has 0 saturated carbocycles. The van der Waals surface area contributed by atoms with Crippen molar-refractivity contribution in [2.45, 2.75) is 58.7 Å². The zero-order valence-corrected chi connectivity index (χ0v) is 16.8. The van der Waals surface area contributed by atoms with Crippen LogP contribution in [0.1, 0.15) is 50.2 Å². The van der Waals surface area contributed by atoms with E-state index in [-0.39, 0.29) is 5.56 Å². The average Bonchev–Trinajstić information content (AvgIpc) is 2.97. The van der Waals surface area contributed by atoms with Crippen LogP contribution >= 0.6 is 11.6 Å². The summed E-state index contributed by atoms with van der Waals surface area (Å²) in [5.74, 6) is 0.216. The van der Waals surface area contributed by atoms with Gasteiger partial charge in [-0.1, -0.05) is 17.7 Å². The van der Waals surface area contributed by atoms with Crippen LogP contribution in [0.2, 0.25) is 5.02 Å². The molecule has 27 heavy (non-hydrogen) atoms. The molecule has 0 aliphatic carbocycles. The number of halogens is 1. The molecule has 1 aromatic carbocycles. The van der Waals surface area contributed by atoms with Crippen molar-refractivity contribution in [3.05, 3.63) is 56.7 Å². The zero-order valence-electron chi connectivity index (χ0n) is 16.0. The molecular formula is C20H24ClN3O3. The molecule has 0 bridgehead atoms. The highest BCUT2D eigenvalue weighted by Gasteiger charge is 2.34. The molecule has 1 aliphatic heterocycles. The summed E-state index contributed by atoms with van der Waals surface area (Å²) in [6.07, 6.45) is 2.63. The minimum absolute atomic E-state index is 0.257. The molecule has 0 amide bonds. The number of hydrogen-bond acceptors (Lipinski definition) is 5. The molecule has 0 spiro atoms. The molecular weight excluding hydrogens is 366 g/mol. The van der Waals surface area contributed by atoms with E-state index in [1.165, 1.54) is 10.8 Å². The lowest BCUT2D eigenvalue weighted by Crippen LogP contribution is -2.34. The lowest BCUT2D eigenvalue weighted by molar-refractivity contribution is -0.158. The van der Waals surface area contributed by atoms with Crippen molar-refractivity contribution >= 4 is 23.3 Å². The van der Waals surface area contributed by atoms with Gasteiger partial charge in [-0.05, 0) is 57.4 Å². The Bertz CT molecular complexity index is 911. The standard InChI is InChI=1S/C20H24ClN3O3/c1-12-7-13(9-14(21)8-12)10-22-15-11-23-17-6-5-16(24(17)18(15)25)19(26)27-20(2,3)4/h7-9,11,16,22H,5-6,10H2,1-4H3/t16-/m0/s1. The van der Waals surface area contributed by atoms with Crippen LogP contribution in [0.4, 0.5) is 5.69 Å². The van der Waals surface area contributed by atoms with Crippen molar-refractivity contribution in [3.63, 3.8) is 0 Å². The Morgan fingerprint density at radius 1 is 1.37 bits per heavy atom. The van der Waals surface area contributed by atoms with Crippen molar-refractivity contribution in [3.8, 4) is 0 Å². The number of benzene rings is 1. The molecule has 2 heterocycles. The van der Waals surface area contributed by atoms with E-state index in [2.05, 4.69) is 10.3 Å². The van der Waals surface area contributed by atoms with E-state index in [0.717, 1.165) is 11.1 Å². The lowest BCUT2D eigenvalue weighted by atomic mass is 10.1. The van der Waals surface area contributed by atoms with Crippen LogP contribution in [0.25, 0.3) is 0 Å². The van der Waals surface area contributed by atoms with Crippen LogP contribution in [0.5, 0.6) is 0 Å². The Kier molecular flexibility index (Phi) is 5.29. The Morgan fingerprint density at radius 3 is 2.78 bits per heavy atom. The number of rotatable bonds is 4. The fourth-order valence-corrected chi connectivity index (χ4v) is 3.54. The maximum Gasteiger partial charge on any atom is 0.329 e. The van der Waals surface area contributed by atoms with Gasteiger partial charge in [0.1, 0.15) is 23.2 Å². The summed E-state index contributed by atoms with van der Waals surface area (Å²) in [6, 6.07) is 5.10. The van der Waals surface area contributed by atoms with Crippen LogP contribution in [-0.4, -0.2) is 21.1 Å². The molecule has 144 valence electrons. The zero-order chi connectivity index (χ0) is 19.8. The Labute approximate surface area is 163 Å². The molecule has 0 unspecified atom stereocenters. The largest absolute Gasteiger partial charge is 0.458 e. The van der Waals surface area contributed by atoms with E-state index in [0.29, 0.717) is 35.9 Å². The first-order chi connectivity index (χ1) is 12.6. The third kappa shape index (κ3) is 4.50. The Balaban J connectivity index is 1.83. The predicted octanol–water partition coefficient (Wildman–Crippen LogP) is 3.65. The summed E-state index contributed by atoms with van der Waals surface area (Å²) < 4.78 is 6.93. The lowest BCUT2D eigenvalue weighted by Gasteiger charge is -2.23. The second-order valence-electron chi connectivity index (χ2n) is 7.84. The molecule has 0 radical (unpaired) electrons. The first kappa shape index (κ1) is 19.4. The fourth-order valence-electron chi connectivity index (χ4n) is 3.23. The van der Waals surface area contributed by atoms with Crippen LogP contribution in [0.15, 0.2) is 29.2 Å². The number of carbonyl (C=O) groups excluding carboxylic acids is 1. The van der Waals surface area contributed by atoms with Crippen molar-refractivity contribution in [1.82, 2.24) is 9.55 Å². The number of fused-ring (bicyclic) bond motifs is 1. The summed E-state index contributed by atoms with van der Waals surface area (Å²) in [6.45, 7) is 7.84. The van der Waals surface area contributed by atoms with Crippen molar-refractivity contribution in [2.24, 2.45) is 0 Å². The molecule has 1 atom stereocenters. The molecule has 1 aromatic heterocycles. The van der Waals surface area contributed by atoms with Crippen molar-refractivity contribution in [2.75, 3.05) is 5.32 Å². The molecule has 0 fully saturated rings. The summed E-state index contributed by atoms with van der Waals surface area (Å²) in [4.78, 5) is 29.8. The summed E-state index contributed by atoms with van der Waals surface area (Å²) in [5.41, 5.74) is 1.51. The number of aromatic nitrogens is 2. The minimum Gasteiger partial charge on any atom is -0.458 e. The van der Waals surface area contributed by atoms with Crippen molar-refractivity contribution in [1.29, 1.82) is 0 Å². The number of esters is 1. The smallest absolute Gasteiger partial charge is 0.329 e. The van der Waals surface area contributed by atoms with E-state index >= 15 is 0 Å². The number of aryl methyl sites for hydroxylation is 2. The third-order valence-electron chi connectivity index (χ3n) is 4.29. The first-order valence-electron chi connectivity index (χ1n) is 8.97. The molecule has 7 heteroatoms. The number of nitrogens with zero attached hydrogens (tertiary/aromatic N) is 2. The topological polar surface area (TPSA) is 73.2 Å². The first-order valence-corrected chi connectivity index (χ1v) is 9.35. The highest BCUT2D eigenvalue weighted by molar-refractivity contribution is 6.30. The average molecular weight is 390 g/mol. The second kappa shape index (κ2) is 7.35. The quantitative estimate of drug-likeness (QED) is 0.808. The van der Waals surface area contributed by atoms with E-state index in [4.69, 9.17) is 16.3 Å². The number of hydrogen-bond donors (Lipinski definition) is 1. The van der Waals surface area contributed by atoms with E-state index in [1.54, 1.807) is 0 Å². The SMILES string of the molecule is Cc1cc(Cl)cc(CNc2cnc3n(c2=O)[C@H](C(=O)OC(C)(C)C)CC3)c1. The van der Waals surface area contributed by atoms with Gasteiger partial charge in [0.05, 0.1) is 6.20 Å². The highest BCUT2D eigenvalue weighted by Crippen LogP contribution is 2.26. The van der Waals surface area contributed by atoms with Gasteiger partial charge in [0.15, 0.2) is 0 Å². The van der Waals surface area contributed by atoms with E-state index in [1.807, 2.05) is 45.9 Å². The van der Waals surface area contributed by atoms with Gasteiger partial charge in [0.25, 0.3) is 5.56 Å². The number of ether oxygens (including phenoxy) is 1.